The molecule has 0 bridgehead atoms. The van der Waals surface area contributed by atoms with Crippen molar-refractivity contribution in [3.63, 3.8) is 0 Å². The Kier molecular flexibility index (Phi) is 8.18. The number of benzene rings is 1. The van der Waals surface area contributed by atoms with Gasteiger partial charge in [0, 0.05) is 13.6 Å². The number of aliphatic imine (C=N–C) groups is 1. The fraction of sp³-hybridized carbons (Fsp3) is 0.588. The van der Waals surface area contributed by atoms with E-state index in [4.69, 9.17) is 9.47 Å². The fourth-order valence-corrected chi connectivity index (χ4v) is 2.06. The number of guanidine groups is 1. The summed E-state index contributed by atoms with van der Waals surface area (Å²) in [4.78, 5) is 4.24. The molecule has 0 aliphatic carbocycles. The summed E-state index contributed by atoms with van der Waals surface area (Å²) in [6.07, 6.45) is 1.06. The maximum Gasteiger partial charge on any atom is 0.191 e. The van der Waals surface area contributed by atoms with E-state index in [0.29, 0.717) is 13.2 Å². The van der Waals surface area contributed by atoms with Crippen molar-refractivity contribution in [2.75, 3.05) is 26.8 Å². The van der Waals surface area contributed by atoms with E-state index in [1.54, 1.807) is 7.05 Å². The van der Waals surface area contributed by atoms with Crippen molar-refractivity contribution in [3.8, 4) is 11.5 Å². The van der Waals surface area contributed by atoms with Crippen LogP contribution < -0.4 is 20.1 Å². The standard InChI is InChI=1S/C17H29N3O2/c1-6-11-19-17(18-5)20-13(4)14-9-10-15(21-7-2)16(12-14)22-8-3/h9-10,12-13H,6-8,11H2,1-5H3,(H2,18,19,20). The fourth-order valence-electron chi connectivity index (χ4n) is 2.06. The lowest BCUT2D eigenvalue weighted by atomic mass is 10.1. The third kappa shape index (κ3) is 5.47. The van der Waals surface area contributed by atoms with Crippen LogP contribution in [0.3, 0.4) is 0 Å². The van der Waals surface area contributed by atoms with Crippen molar-refractivity contribution in [1.82, 2.24) is 10.6 Å². The summed E-state index contributed by atoms with van der Waals surface area (Å²) in [6, 6.07) is 6.17. The van der Waals surface area contributed by atoms with Crippen molar-refractivity contribution in [1.29, 1.82) is 0 Å². The van der Waals surface area contributed by atoms with Gasteiger partial charge < -0.3 is 20.1 Å². The van der Waals surface area contributed by atoms with Gasteiger partial charge in [0.2, 0.25) is 0 Å². The Balaban J connectivity index is 2.83. The first kappa shape index (κ1) is 18.1. The van der Waals surface area contributed by atoms with E-state index in [-0.39, 0.29) is 6.04 Å². The number of hydrogen-bond acceptors (Lipinski definition) is 3. The molecule has 1 unspecified atom stereocenters. The van der Waals surface area contributed by atoms with Crippen molar-refractivity contribution >= 4 is 5.96 Å². The second kappa shape index (κ2) is 9.92. The van der Waals surface area contributed by atoms with E-state index in [9.17, 15) is 0 Å². The number of ether oxygens (including phenoxy) is 2. The van der Waals surface area contributed by atoms with Gasteiger partial charge in [-0.15, -0.1) is 0 Å². The van der Waals surface area contributed by atoms with Gasteiger partial charge in [0.05, 0.1) is 19.3 Å². The minimum atomic E-state index is 0.123. The van der Waals surface area contributed by atoms with Crippen LogP contribution in [0, 0.1) is 0 Å². The Morgan fingerprint density at radius 3 is 2.41 bits per heavy atom. The van der Waals surface area contributed by atoms with Gasteiger partial charge >= 0.3 is 0 Å². The van der Waals surface area contributed by atoms with Crippen LogP contribution in [0.2, 0.25) is 0 Å². The molecule has 0 heterocycles. The molecule has 0 spiro atoms. The van der Waals surface area contributed by atoms with Crippen LogP contribution in [0.25, 0.3) is 0 Å². The third-order valence-corrected chi connectivity index (χ3v) is 3.19. The molecular formula is C17H29N3O2. The first-order valence-corrected chi connectivity index (χ1v) is 8.02. The van der Waals surface area contributed by atoms with E-state index in [2.05, 4.69) is 35.5 Å². The maximum absolute atomic E-state index is 5.68. The second-order valence-corrected chi connectivity index (χ2v) is 4.94. The van der Waals surface area contributed by atoms with Gasteiger partial charge in [-0.2, -0.15) is 0 Å². The Morgan fingerprint density at radius 1 is 1.14 bits per heavy atom. The van der Waals surface area contributed by atoms with Gasteiger partial charge in [-0.1, -0.05) is 13.0 Å². The zero-order valence-electron chi connectivity index (χ0n) is 14.4. The second-order valence-electron chi connectivity index (χ2n) is 4.94. The van der Waals surface area contributed by atoms with E-state index in [1.807, 2.05) is 26.0 Å². The number of nitrogens with zero attached hydrogens (tertiary/aromatic N) is 1. The molecule has 0 amide bonds. The number of hydrogen-bond donors (Lipinski definition) is 2. The topological polar surface area (TPSA) is 54.9 Å². The molecule has 5 heteroatoms. The SMILES string of the molecule is CCCNC(=NC)NC(C)c1ccc(OCC)c(OCC)c1. The maximum atomic E-state index is 5.68. The number of nitrogens with one attached hydrogen (secondary N) is 2. The van der Waals surface area contributed by atoms with Crippen molar-refractivity contribution in [3.05, 3.63) is 23.8 Å². The Bertz CT molecular complexity index is 475. The highest BCUT2D eigenvalue weighted by Gasteiger charge is 2.12. The minimum Gasteiger partial charge on any atom is -0.490 e. The molecule has 1 aromatic rings. The molecule has 0 saturated carbocycles. The number of rotatable bonds is 8. The summed E-state index contributed by atoms with van der Waals surface area (Å²) >= 11 is 0. The largest absolute Gasteiger partial charge is 0.490 e. The summed E-state index contributed by atoms with van der Waals surface area (Å²) < 4.78 is 11.3. The normalized spacial score (nSPS) is 12.7. The molecule has 2 N–H and O–H groups in total. The summed E-state index contributed by atoms with van der Waals surface area (Å²) in [7, 11) is 1.78. The molecule has 0 fully saturated rings. The Morgan fingerprint density at radius 2 is 1.82 bits per heavy atom. The predicted octanol–water partition coefficient (Wildman–Crippen LogP) is 3.12. The van der Waals surface area contributed by atoms with Crippen molar-refractivity contribution in [2.24, 2.45) is 4.99 Å². The zero-order chi connectivity index (χ0) is 16.4. The van der Waals surface area contributed by atoms with Gasteiger partial charge in [0.1, 0.15) is 0 Å². The van der Waals surface area contributed by atoms with Gasteiger partial charge in [-0.25, -0.2) is 0 Å². The van der Waals surface area contributed by atoms with Crippen LogP contribution in [0.4, 0.5) is 0 Å². The summed E-state index contributed by atoms with van der Waals surface area (Å²) in [5.41, 5.74) is 1.13. The Labute approximate surface area is 134 Å². The van der Waals surface area contributed by atoms with Crippen LogP contribution in [-0.2, 0) is 0 Å². The molecule has 1 aromatic carbocycles. The molecular weight excluding hydrogens is 278 g/mol. The minimum absolute atomic E-state index is 0.123. The highest BCUT2D eigenvalue weighted by atomic mass is 16.5. The quantitative estimate of drug-likeness (QED) is 0.572. The highest BCUT2D eigenvalue weighted by molar-refractivity contribution is 5.80. The van der Waals surface area contributed by atoms with Crippen LogP contribution >= 0.6 is 0 Å². The van der Waals surface area contributed by atoms with Crippen LogP contribution in [0.1, 0.15) is 45.7 Å². The van der Waals surface area contributed by atoms with Crippen LogP contribution in [0.15, 0.2) is 23.2 Å². The van der Waals surface area contributed by atoms with Crippen LogP contribution in [0.5, 0.6) is 11.5 Å². The lowest BCUT2D eigenvalue weighted by molar-refractivity contribution is 0.287. The predicted molar refractivity (Wildman–Crippen MR) is 92.0 cm³/mol. The first-order valence-electron chi connectivity index (χ1n) is 8.02. The van der Waals surface area contributed by atoms with E-state index in [1.165, 1.54) is 0 Å². The Hall–Kier alpha value is -1.91. The molecule has 124 valence electrons. The van der Waals surface area contributed by atoms with E-state index < -0.39 is 0 Å². The molecule has 0 radical (unpaired) electrons. The zero-order valence-corrected chi connectivity index (χ0v) is 14.4. The van der Waals surface area contributed by atoms with Gasteiger partial charge in [0.15, 0.2) is 17.5 Å². The van der Waals surface area contributed by atoms with Crippen molar-refractivity contribution in [2.45, 2.75) is 40.2 Å². The van der Waals surface area contributed by atoms with Gasteiger partial charge in [-0.05, 0) is 44.9 Å². The molecule has 0 aromatic heterocycles. The van der Waals surface area contributed by atoms with Gasteiger partial charge in [0.25, 0.3) is 0 Å². The lowest BCUT2D eigenvalue weighted by Crippen LogP contribution is -2.38. The van der Waals surface area contributed by atoms with E-state index in [0.717, 1.165) is 36.0 Å². The third-order valence-electron chi connectivity index (χ3n) is 3.19. The molecule has 0 aliphatic heterocycles. The molecule has 1 rings (SSSR count). The molecule has 22 heavy (non-hydrogen) atoms. The van der Waals surface area contributed by atoms with Crippen LogP contribution in [-0.4, -0.2) is 32.8 Å². The monoisotopic (exact) mass is 307 g/mol. The summed E-state index contributed by atoms with van der Waals surface area (Å²) in [6.45, 7) is 10.3. The summed E-state index contributed by atoms with van der Waals surface area (Å²) in [5.74, 6) is 2.38. The van der Waals surface area contributed by atoms with E-state index >= 15 is 0 Å². The summed E-state index contributed by atoms with van der Waals surface area (Å²) in [5, 5.41) is 6.66. The highest BCUT2D eigenvalue weighted by Crippen LogP contribution is 2.30. The van der Waals surface area contributed by atoms with Gasteiger partial charge in [-0.3, -0.25) is 4.99 Å². The molecule has 1 atom stereocenters. The average Bonchev–Trinajstić information content (AvgIpc) is 2.53. The molecule has 5 nitrogen and oxygen atoms in total. The first-order chi connectivity index (χ1) is 10.7. The lowest BCUT2D eigenvalue weighted by Gasteiger charge is -2.20. The molecule has 0 aliphatic rings. The molecule has 0 saturated heterocycles. The smallest absolute Gasteiger partial charge is 0.191 e. The van der Waals surface area contributed by atoms with Crippen molar-refractivity contribution < 1.29 is 9.47 Å². The average molecular weight is 307 g/mol.